The van der Waals surface area contributed by atoms with Gasteiger partial charge in [0.2, 0.25) is 12.7 Å². The molecule has 1 amide bonds. The number of ether oxygens (including phenoxy) is 2. The minimum Gasteiger partial charge on any atom is -0.454 e. The monoisotopic (exact) mass is 411 g/mol. The molecule has 0 saturated carbocycles. The zero-order valence-corrected chi connectivity index (χ0v) is 17.6. The number of benzene rings is 1. The number of nitrogens with one attached hydrogen (secondary N) is 2. The van der Waals surface area contributed by atoms with Crippen molar-refractivity contribution in [2.75, 3.05) is 40.0 Å². The zero-order chi connectivity index (χ0) is 21.2. The van der Waals surface area contributed by atoms with Gasteiger partial charge in [-0.05, 0) is 43.2 Å². The first-order valence-corrected chi connectivity index (χ1v) is 10.2. The number of aromatic nitrogens is 1. The molecule has 2 N–H and O–H groups in total. The Morgan fingerprint density at radius 3 is 2.83 bits per heavy atom. The Hall–Kier alpha value is -3.29. The summed E-state index contributed by atoms with van der Waals surface area (Å²) in [5.41, 5.74) is 2.12. The minimum absolute atomic E-state index is 0.0288. The Balaban J connectivity index is 1.44. The van der Waals surface area contributed by atoms with E-state index in [-0.39, 0.29) is 19.2 Å². The van der Waals surface area contributed by atoms with Gasteiger partial charge in [0.25, 0.3) is 0 Å². The Morgan fingerprint density at radius 2 is 2.03 bits per heavy atom. The second-order valence-corrected chi connectivity index (χ2v) is 6.95. The van der Waals surface area contributed by atoms with E-state index < -0.39 is 0 Å². The molecule has 0 atom stereocenters. The molecule has 3 rings (SSSR count). The SMILES string of the molecule is CCNC(=NCC(=O)N(C)CCc1ccccn1)NCCc1ccc2c(c1)OCO2. The molecule has 1 aromatic heterocycles. The lowest BCUT2D eigenvalue weighted by atomic mass is 10.1. The Kier molecular flexibility index (Phi) is 7.88. The maximum absolute atomic E-state index is 12.4. The summed E-state index contributed by atoms with van der Waals surface area (Å²) < 4.78 is 10.8. The van der Waals surface area contributed by atoms with Gasteiger partial charge in [0, 0.05) is 45.0 Å². The molecule has 0 aliphatic carbocycles. The normalized spacial score (nSPS) is 12.5. The summed E-state index contributed by atoms with van der Waals surface area (Å²) in [6.45, 7) is 4.39. The average molecular weight is 412 g/mol. The second kappa shape index (κ2) is 11.0. The molecule has 1 aliphatic rings. The fraction of sp³-hybridized carbons (Fsp3) is 0.409. The summed E-state index contributed by atoms with van der Waals surface area (Å²) in [5, 5.41) is 6.45. The second-order valence-electron chi connectivity index (χ2n) is 6.95. The van der Waals surface area contributed by atoms with Crippen LogP contribution in [0.1, 0.15) is 18.2 Å². The van der Waals surface area contributed by atoms with Gasteiger partial charge in [0.05, 0.1) is 0 Å². The number of guanidine groups is 1. The summed E-state index contributed by atoms with van der Waals surface area (Å²) >= 11 is 0. The van der Waals surface area contributed by atoms with E-state index in [9.17, 15) is 4.79 Å². The average Bonchev–Trinajstić information content (AvgIpc) is 3.24. The molecule has 1 aliphatic heterocycles. The van der Waals surface area contributed by atoms with Crippen molar-refractivity contribution in [3.05, 3.63) is 53.9 Å². The van der Waals surface area contributed by atoms with E-state index in [4.69, 9.17) is 9.47 Å². The molecule has 0 unspecified atom stereocenters. The molecule has 160 valence electrons. The van der Waals surface area contributed by atoms with E-state index in [0.29, 0.717) is 19.0 Å². The van der Waals surface area contributed by atoms with Crippen LogP contribution in [-0.4, -0.2) is 61.8 Å². The van der Waals surface area contributed by atoms with E-state index in [1.165, 1.54) is 0 Å². The number of hydrogen-bond acceptors (Lipinski definition) is 5. The van der Waals surface area contributed by atoms with Crippen LogP contribution in [0.3, 0.4) is 0 Å². The highest BCUT2D eigenvalue weighted by atomic mass is 16.7. The number of aliphatic imine (C=N–C) groups is 1. The number of rotatable bonds is 9. The van der Waals surface area contributed by atoms with Crippen LogP contribution >= 0.6 is 0 Å². The van der Waals surface area contributed by atoms with Crippen molar-refractivity contribution in [1.29, 1.82) is 0 Å². The van der Waals surface area contributed by atoms with Gasteiger partial charge < -0.3 is 25.0 Å². The topological polar surface area (TPSA) is 88.1 Å². The van der Waals surface area contributed by atoms with Gasteiger partial charge in [0.15, 0.2) is 17.5 Å². The third kappa shape index (κ3) is 6.37. The van der Waals surface area contributed by atoms with Crippen molar-refractivity contribution in [3.8, 4) is 11.5 Å². The quantitative estimate of drug-likeness (QED) is 0.482. The van der Waals surface area contributed by atoms with Crippen LogP contribution in [-0.2, 0) is 17.6 Å². The fourth-order valence-electron chi connectivity index (χ4n) is 2.98. The summed E-state index contributed by atoms with van der Waals surface area (Å²) in [6, 6.07) is 11.7. The van der Waals surface area contributed by atoms with Gasteiger partial charge in [-0.15, -0.1) is 0 Å². The standard InChI is InChI=1S/C22H29N5O3/c1-3-23-22(25-12-9-17-7-8-19-20(14-17)30-16-29-19)26-15-21(28)27(2)13-10-18-6-4-5-11-24-18/h4-8,11,14H,3,9-10,12-13,15-16H2,1-2H3,(H2,23,25,26). The maximum Gasteiger partial charge on any atom is 0.244 e. The van der Waals surface area contributed by atoms with Gasteiger partial charge in [0.1, 0.15) is 6.54 Å². The van der Waals surface area contributed by atoms with Crippen LogP contribution < -0.4 is 20.1 Å². The number of nitrogens with zero attached hydrogens (tertiary/aromatic N) is 3. The lowest BCUT2D eigenvalue weighted by molar-refractivity contribution is -0.128. The molecule has 8 nitrogen and oxygen atoms in total. The summed E-state index contributed by atoms with van der Waals surface area (Å²) in [7, 11) is 1.79. The van der Waals surface area contributed by atoms with Crippen molar-refractivity contribution in [2.45, 2.75) is 19.8 Å². The van der Waals surface area contributed by atoms with Crippen molar-refractivity contribution in [3.63, 3.8) is 0 Å². The molecular weight excluding hydrogens is 382 g/mol. The van der Waals surface area contributed by atoms with Gasteiger partial charge in [-0.2, -0.15) is 0 Å². The first-order chi connectivity index (χ1) is 14.7. The molecule has 2 heterocycles. The zero-order valence-electron chi connectivity index (χ0n) is 17.6. The number of hydrogen-bond donors (Lipinski definition) is 2. The Labute approximate surface area is 177 Å². The lowest BCUT2D eigenvalue weighted by Crippen LogP contribution is -2.39. The van der Waals surface area contributed by atoms with Gasteiger partial charge >= 0.3 is 0 Å². The smallest absolute Gasteiger partial charge is 0.244 e. The van der Waals surface area contributed by atoms with Gasteiger partial charge in [-0.1, -0.05) is 12.1 Å². The van der Waals surface area contributed by atoms with Crippen molar-refractivity contribution >= 4 is 11.9 Å². The summed E-state index contributed by atoms with van der Waals surface area (Å²) in [6.07, 6.45) is 3.29. The van der Waals surface area contributed by atoms with Gasteiger partial charge in [-0.3, -0.25) is 9.78 Å². The number of amides is 1. The van der Waals surface area contributed by atoms with E-state index in [1.54, 1.807) is 18.1 Å². The van der Waals surface area contributed by atoms with Crippen molar-refractivity contribution in [2.24, 2.45) is 4.99 Å². The molecule has 0 radical (unpaired) electrons. The predicted molar refractivity (Wildman–Crippen MR) is 116 cm³/mol. The Bertz CT molecular complexity index is 857. The minimum atomic E-state index is -0.0288. The van der Waals surface area contributed by atoms with E-state index in [0.717, 1.165) is 42.1 Å². The van der Waals surface area contributed by atoms with E-state index >= 15 is 0 Å². The first kappa shape index (κ1) is 21.4. The van der Waals surface area contributed by atoms with Crippen LogP contribution in [0.25, 0.3) is 0 Å². The van der Waals surface area contributed by atoms with Gasteiger partial charge in [-0.25, -0.2) is 4.99 Å². The molecule has 1 aromatic carbocycles. The predicted octanol–water partition coefficient (Wildman–Crippen LogP) is 1.61. The molecule has 2 aromatic rings. The first-order valence-electron chi connectivity index (χ1n) is 10.2. The summed E-state index contributed by atoms with van der Waals surface area (Å²) in [5.74, 6) is 2.17. The third-order valence-corrected chi connectivity index (χ3v) is 4.72. The number of carbonyl (C=O) groups is 1. The van der Waals surface area contributed by atoms with E-state index in [2.05, 4.69) is 20.6 Å². The molecule has 0 fully saturated rings. The molecule has 0 bridgehead atoms. The highest BCUT2D eigenvalue weighted by molar-refractivity contribution is 5.84. The number of fused-ring (bicyclic) bond motifs is 1. The molecule has 0 saturated heterocycles. The highest BCUT2D eigenvalue weighted by Crippen LogP contribution is 2.32. The van der Waals surface area contributed by atoms with E-state index in [1.807, 2.05) is 43.3 Å². The molecular formula is C22H29N5O3. The number of likely N-dealkylation sites (N-methyl/N-ethyl adjacent to an activating group) is 1. The highest BCUT2D eigenvalue weighted by Gasteiger charge is 2.13. The van der Waals surface area contributed by atoms with Crippen molar-refractivity contribution < 1.29 is 14.3 Å². The largest absolute Gasteiger partial charge is 0.454 e. The number of carbonyl (C=O) groups excluding carboxylic acids is 1. The third-order valence-electron chi connectivity index (χ3n) is 4.72. The summed E-state index contributed by atoms with van der Waals surface area (Å²) in [4.78, 5) is 22.8. The molecule has 8 heteroatoms. The Morgan fingerprint density at radius 1 is 1.17 bits per heavy atom. The fourth-order valence-corrected chi connectivity index (χ4v) is 2.98. The van der Waals surface area contributed by atoms with Crippen LogP contribution in [0.4, 0.5) is 0 Å². The van der Waals surface area contributed by atoms with Crippen LogP contribution in [0.2, 0.25) is 0 Å². The van der Waals surface area contributed by atoms with Crippen LogP contribution in [0, 0.1) is 0 Å². The lowest BCUT2D eigenvalue weighted by Gasteiger charge is -2.16. The van der Waals surface area contributed by atoms with Crippen molar-refractivity contribution in [1.82, 2.24) is 20.5 Å². The number of pyridine rings is 1. The van der Waals surface area contributed by atoms with Crippen LogP contribution in [0.15, 0.2) is 47.6 Å². The maximum atomic E-state index is 12.4. The molecule has 0 spiro atoms. The molecule has 30 heavy (non-hydrogen) atoms. The van der Waals surface area contributed by atoms with Crippen LogP contribution in [0.5, 0.6) is 11.5 Å².